The number of rotatable bonds is 3. The van der Waals surface area contributed by atoms with Gasteiger partial charge in [-0.1, -0.05) is 34.6 Å². The fourth-order valence-electron chi connectivity index (χ4n) is 2.68. The smallest absolute Gasteiger partial charge is 0.114 e. The molecule has 2 nitrogen and oxygen atoms in total. The van der Waals surface area contributed by atoms with Crippen molar-refractivity contribution in [2.24, 2.45) is 0 Å². The minimum atomic E-state index is 0.0891. The molecule has 2 rings (SSSR count). The molecule has 4 heteroatoms. The van der Waals surface area contributed by atoms with Crippen molar-refractivity contribution in [1.82, 2.24) is 10.3 Å². The van der Waals surface area contributed by atoms with Crippen LogP contribution in [0.5, 0.6) is 0 Å². The second kappa shape index (κ2) is 5.74. The molecule has 0 aromatic carbocycles. The molecule has 1 saturated heterocycles. The zero-order chi connectivity index (χ0) is 14.1. The van der Waals surface area contributed by atoms with Crippen molar-refractivity contribution >= 4 is 23.1 Å². The average Bonchev–Trinajstić information content (AvgIpc) is 2.82. The van der Waals surface area contributed by atoms with Gasteiger partial charge in [-0.15, -0.1) is 11.3 Å². The largest absolute Gasteiger partial charge is 0.305 e. The molecule has 19 heavy (non-hydrogen) atoms. The molecule has 2 unspecified atom stereocenters. The molecule has 1 aliphatic rings. The minimum Gasteiger partial charge on any atom is -0.305 e. The summed E-state index contributed by atoms with van der Waals surface area (Å²) >= 11 is 3.92. The van der Waals surface area contributed by atoms with Crippen LogP contribution < -0.4 is 5.32 Å². The van der Waals surface area contributed by atoms with Crippen molar-refractivity contribution in [1.29, 1.82) is 0 Å². The van der Waals surface area contributed by atoms with E-state index in [9.17, 15) is 0 Å². The molecule has 1 aromatic rings. The van der Waals surface area contributed by atoms with Crippen molar-refractivity contribution in [3.05, 3.63) is 16.1 Å². The van der Waals surface area contributed by atoms with E-state index in [1.165, 1.54) is 29.3 Å². The summed E-state index contributed by atoms with van der Waals surface area (Å²) in [6.07, 6.45) is 2.50. The van der Waals surface area contributed by atoms with Crippen LogP contribution in [-0.2, 0) is 11.0 Å². The maximum atomic E-state index is 4.99. The molecule has 2 atom stereocenters. The van der Waals surface area contributed by atoms with Crippen LogP contribution in [0.25, 0.3) is 0 Å². The number of hydrogen-bond donors (Lipinski definition) is 1. The second-order valence-corrected chi connectivity index (χ2v) is 8.71. The Balaban J connectivity index is 2.36. The summed E-state index contributed by atoms with van der Waals surface area (Å²) in [6, 6.07) is 0. The Bertz CT molecular complexity index is 418. The van der Waals surface area contributed by atoms with Crippen molar-refractivity contribution in [2.45, 2.75) is 63.7 Å². The Morgan fingerprint density at radius 1 is 1.47 bits per heavy atom. The van der Waals surface area contributed by atoms with Gasteiger partial charge < -0.3 is 5.32 Å². The normalized spacial score (nSPS) is 28.6. The molecule has 0 bridgehead atoms. The number of thioether (sulfide) groups is 1. The standard InChI is InChI=1S/C15H26N2S2/c1-6-16-15(8-7-9-18-11(15)2)13-17-12(10-19-13)14(3,4)5/h10-11,16H,6-9H2,1-5H3. The molecule has 1 aliphatic heterocycles. The van der Waals surface area contributed by atoms with Crippen molar-refractivity contribution in [2.75, 3.05) is 12.3 Å². The van der Waals surface area contributed by atoms with Gasteiger partial charge in [0.25, 0.3) is 0 Å². The molecule has 0 spiro atoms. The monoisotopic (exact) mass is 298 g/mol. The molecule has 1 N–H and O–H groups in total. The Kier molecular flexibility index (Phi) is 4.63. The van der Waals surface area contributed by atoms with Crippen LogP contribution in [0, 0.1) is 0 Å². The highest BCUT2D eigenvalue weighted by Gasteiger charge is 2.42. The highest BCUT2D eigenvalue weighted by Crippen LogP contribution is 2.43. The van der Waals surface area contributed by atoms with Gasteiger partial charge in [0.05, 0.1) is 11.2 Å². The maximum Gasteiger partial charge on any atom is 0.114 e. The first-order valence-electron chi connectivity index (χ1n) is 7.23. The van der Waals surface area contributed by atoms with Crippen LogP contribution in [0.15, 0.2) is 5.38 Å². The molecule has 2 heterocycles. The van der Waals surface area contributed by atoms with Gasteiger partial charge in [-0.2, -0.15) is 11.8 Å². The van der Waals surface area contributed by atoms with Crippen molar-refractivity contribution < 1.29 is 0 Å². The van der Waals surface area contributed by atoms with Gasteiger partial charge in [0.15, 0.2) is 0 Å². The zero-order valence-electron chi connectivity index (χ0n) is 12.7. The van der Waals surface area contributed by atoms with Gasteiger partial charge in [-0.05, 0) is 25.1 Å². The maximum absolute atomic E-state index is 4.99. The molecular formula is C15H26N2S2. The Morgan fingerprint density at radius 3 is 2.74 bits per heavy atom. The number of hydrogen-bond acceptors (Lipinski definition) is 4. The van der Waals surface area contributed by atoms with E-state index in [2.05, 4.69) is 57.1 Å². The molecule has 1 aromatic heterocycles. The van der Waals surface area contributed by atoms with Crippen LogP contribution in [0.3, 0.4) is 0 Å². The zero-order valence-corrected chi connectivity index (χ0v) is 14.4. The first-order chi connectivity index (χ1) is 8.90. The van der Waals surface area contributed by atoms with E-state index in [-0.39, 0.29) is 11.0 Å². The third-order valence-corrected chi connectivity index (χ3v) is 6.37. The van der Waals surface area contributed by atoms with Gasteiger partial charge in [0, 0.05) is 16.0 Å². The van der Waals surface area contributed by atoms with Gasteiger partial charge in [0.1, 0.15) is 5.01 Å². The van der Waals surface area contributed by atoms with E-state index < -0.39 is 0 Å². The quantitative estimate of drug-likeness (QED) is 0.907. The molecule has 0 radical (unpaired) electrons. The van der Waals surface area contributed by atoms with Crippen molar-refractivity contribution in [3.8, 4) is 0 Å². The van der Waals surface area contributed by atoms with Gasteiger partial charge >= 0.3 is 0 Å². The van der Waals surface area contributed by atoms with E-state index in [1.54, 1.807) is 0 Å². The van der Waals surface area contributed by atoms with Gasteiger partial charge in [0.2, 0.25) is 0 Å². The second-order valence-electron chi connectivity index (χ2n) is 6.41. The summed E-state index contributed by atoms with van der Waals surface area (Å²) in [5.41, 5.74) is 1.46. The van der Waals surface area contributed by atoms with Crippen molar-refractivity contribution in [3.63, 3.8) is 0 Å². The van der Waals surface area contributed by atoms with E-state index in [0.717, 1.165) is 6.54 Å². The lowest BCUT2D eigenvalue weighted by molar-refractivity contribution is 0.300. The third-order valence-electron chi connectivity index (χ3n) is 3.92. The van der Waals surface area contributed by atoms with Crippen LogP contribution in [0.1, 0.15) is 58.2 Å². The fraction of sp³-hybridized carbons (Fsp3) is 0.800. The Labute approximate surface area is 125 Å². The average molecular weight is 299 g/mol. The Morgan fingerprint density at radius 2 is 2.21 bits per heavy atom. The summed E-state index contributed by atoms with van der Waals surface area (Å²) in [6.45, 7) is 12.3. The summed E-state index contributed by atoms with van der Waals surface area (Å²) in [5.74, 6) is 1.28. The topological polar surface area (TPSA) is 24.9 Å². The lowest BCUT2D eigenvalue weighted by Crippen LogP contribution is -2.51. The number of nitrogens with zero attached hydrogens (tertiary/aromatic N) is 1. The first kappa shape index (κ1) is 15.3. The Hall–Kier alpha value is -0.0600. The SMILES string of the molecule is CCNC1(c2nc(C(C)(C)C)cs2)CCCSC1C. The summed E-state index contributed by atoms with van der Waals surface area (Å²) in [7, 11) is 0. The lowest BCUT2D eigenvalue weighted by atomic mass is 9.89. The summed E-state index contributed by atoms with van der Waals surface area (Å²) in [4.78, 5) is 4.99. The number of thiazole rings is 1. The molecule has 0 saturated carbocycles. The molecule has 1 fully saturated rings. The van der Waals surface area contributed by atoms with E-state index >= 15 is 0 Å². The molecule has 108 valence electrons. The molecule has 0 aliphatic carbocycles. The van der Waals surface area contributed by atoms with Crippen LogP contribution in [-0.4, -0.2) is 22.5 Å². The van der Waals surface area contributed by atoms with E-state index in [0.29, 0.717) is 5.25 Å². The van der Waals surface area contributed by atoms with Crippen LogP contribution in [0.4, 0.5) is 0 Å². The minimum absolute atomic E-state index is 0.0891. The highest BCUT2D eigenvalue weighted by atomic mass is 32.2. The predicted octanol–water partition coefficient (Wildman–Crippen LogP) is 4.16. The van der Waals surface area contributed by atoms with E-state index in [1.807, 2.05) is 11.3 Å². The summed E-state index contributed by atoms with van der Waals surface area (Å²) < 4.78 is 0. The summed E-state index contributed by atoms with van der Waals surface area (Å²) in [5, 5.41) is 7.89. The third kappa shape index (κ3) is 3.01. The lowest BCUT2D eigenvalue weighted by Gasteiger charge is -2.41. The van der Waals surface area contributed by atoms with Gasteiger partial charge in [-0.3, -0.25) is 0 Å². The molecular weight excluding hydrogens is 272 g/mol. The number of nitrogens with one attached hydrogen (secondary N) is 1. The fourth-order valence-corrected chi connectivity index (χ4v) is 5.36. The van der Waals surface area contributed by atoms with Crippen LogP contribution in [0.2, 0.25) is 0 Å². The van der Waals surface area contributed by atoms with Gasteiger partial charge in [-0.25, -0.2) is 4.98 Å². The van der Waals surface area contributed by atoms with E-state index in [4.69, 9.17) is 4.98 Å². The van der Waals surface area contributed by atoms with Crippen LogP contribution >= 0.6 is 23.1 Å². The predicted molar refractivity (Wildman–Crippen MR) is 87.3 cm³/mol. The highest BCUT2D eigenvalue weighted by molar-refractivity contribution is 8.00. The number of aromatic nitrogens is 1. The molecule has 0 amide bonds. The first-order valence-corrected chi connectivity index (χ1v) is 9.16.